The lowest BCUT2D eigenvalue weighted by Gasteiger charge is -1.98. The van der Waals surface area contributed by atoms with Crippen molar-refractivity contribution in [2.24, 2.45) is 0 Å². The van der Waals surface area contributed by atoms with Crippen molar-refractivity contribution in [3.63, 3.8) is 0 Å². The molecule has 0 aromatic carbocycles. The minimum atomic E-state index is 0.487. The van der Waals surface area contributed by atoms with Crippen LogP contribution in [0.25, 0.3) is 5.69 Å². The highest BCUT2D eigenvalue weighted by atomic mass is 79.9. The first kappa shape index (κ1) is 20.0. The number of halogens is 1. The summed E-state index contributed by atoms with van der Waals surface area (Å²) in [6.07, 6.45) is 10.2. The second-order valence-electron chi connectivity index (χ2n) is 5.13. The predicted octanol–water partition coefficient (Wildman–Crippen LogP) is 2.09. The first-order chi connectivity index (χ1) is 12.9. The Morgan fingerprint density at radius 2 is 1.52 bits per heavy atom. The minimum absolute atomic E-state index is 0.487. The Balaban J connectivity index is 0.000000159. The molecule has 5 N–H and O–H groups in total. The zero-order chi connectivity index (χ0) is 19.6. The number of nitrogens with one attached hydrogen (secondary N) is 1. The van der Waals surface area contributed by atoms with Crippen molar-refractivity contribution in [1.29, 1.82) is 0 Å². The van der Waals surface area contributed by atoms with Crippen LogP contribution in [0.5, 0.6) is 0 Å². The maximum atomic E-state index is 5.47. The third-order valence-electron chi connectivity index (χ3n) is 2.91. The molecular formula is C16H19BrN10. The van der Waals surface area contributed by atoms with E-state index < -0.39 is 0 Å². The van der Waals surface area contributed by atoms with Gasteiger partial charge >= 0.3 is 0 Å². The molecule has 0 spiro atoms. The molecule has 0 aliphatic rings. The summed E-state index contributed by atoms with van der Waals surface area (Å²) in [5, 5.41) is 10.1. The van der Waals surface area contributed by atoms with Gasteiger partial charge in [0.05, 0.1) is 23.1 Å². The molecule has 0 atom stereocenters. The van der Waals surface area contributed by atoms with Crippen LogP contribution in [0.2, 0.25) is 0 Å². The number of aromatic nitrogens is 8. The van der Waals surface area contributed by atoms with E-state index in [2.05, 4.69) is 51.2 Å². The lowest BCUT2D eigenvalue weighted by Crippen LogP contribution is -1.98. The molecule has 11 heteroatoms. The Labute approximate surface area is 164 Å². The highest BCUT2D eigenvalue weighted by molar-refractivity contribution is 9.10. The van der Waals surface area contributed by atoms with Crippen LogP contribution in [0.4, 0.5) is 11.6 Å². The van der Waals surface area contributed by atoms with Crippen LogP contribution < -0.4 is 11.5 Å². The van der Waals surface area contributed by atoms with E-state index in [0.29, 0.717) is 11.6 Å². The van der Waals surface area contributed by atoms with Crippen LogP contribution in [0, 0.1) is 13.8 Å². The van der Waals surface area contributed by atoms with Crippen LogP contribution in [0.15, 0.2) is 53.8 Å². The second kappa shape index (κ2) is 9.97. The van der Waals surface area contributed by atoms with Gasteiger partial charge in [-0.1, -0.05) is 0 Å². The second-order valence-corrected chi connectivity index (χ2v) is 6.05. The molecule has 0 radical (unpaired) electrons. The number of nitrogens with two attached hydrogens (primary N) is 2. The van der Waals surface area contributed by atoms with E-state index in [4.69, 9.17) is 11.5 Å². The standard InChI is InChI=1S/C8H9N5.C5H5BrN2.C3H5N3/c1-6-10-4-7(5-11-6)13-3-2-8(9)12-13;1-4-7-2-5(6)3-8-4;4-3-1-2-5-6-3/h2-5H,1H3,(H2,9,12);2-3H,1H3;1-2H,(H3,4,5,6). The average Bonchev–Trinajstić information content (AvgIpc) is 3.30. The Hall–Kier alpha value is -3.34. The average molecular weight is 431 g/mol. The lowest BCUT2D eigenvalue weighted by molar-refractivity contribution is 0.861. The minimum Gasteiger partial charge on any atom is -0.384 e. The largest absolute Gasteiger partial charge is 0.384 e. The van der Waals surface area contributed by atoms with Crippen LogP contribution in [0.1, 0.15) is 11.6 Å². The number of rotatable bonds is 1. The predicted molar refractivity (Wildman–Crippen MR) is 106 cm³/mol. The highest BCUT2D eigenvalue weighted by Gasteiger charge is 1.98. The number of anilines is 2. The van der Waals surface area contributed by atoms with Crippen molar-refractivity contribution in [1.82, 2.24) is 39.9 Å². The van der Waals surface area contributed by atoms with Crippen molar-refractivity contribution in [3.05, 3.63) is 65.4 Å². The highest BCUT2D eigenvalue weighted by Crippen LogP contribution is 2.05. The third-order valence-corrected chi connectivity index (χ3v) is 3.32. The van der Waals surface area contributed by atoms with E-state index in [9.17, 15) is 0 Å². The van der Waals surface area contributed by atoms with Crippen molar-refractivity contribution >= 4 is 27.6 Å². The summed E-state index contributed by atoms with van der Waals surface area (Å²) in [5.41, 5.74) is 11.4. The fourth-order valence-electron chi connectivity index (χ4n) is 1.63. The van der Waals surface area contributed by atoms with Gasteiger partial charge in [-0.3, -0.25) is 5.10 Å². The van der Waals surface area contributed by atoms with E-state index >= 15 is 0 Å². The molecule has 4 aromatic heterocycles. The van der Waals surface area contributed by atoms with Crippen LogP contribution in [-0.2, 0) is 0 Å². The van der Waals surface area contributed by atoms with E-state index in [0.717, 1.165) is 21.8 Å². The zero-order valence-electron chi connectivity index (χ0n) is 14.8. The number of hydrogen-bond donors (Lipinski definition) is 3. The number of aryl methyl sites for hydroxylation is 2. The number of H-pyrrole nitrogens is 1. The molecule has 0 fully saturated rings. The molecule has 10 nitrogen and oxygen atoms in total. The summed E-state index contributed by atoms with van der Waals surface area (Å²) in [7, 11) is 0. The van der Waals surface area contributed by atoms with Gasteiger partial charge in [-0.05, 0) is 35.8 Å². The molecule has 0 saturated heterocycles. The molecule has 0 bridgehead atoms. The van der Waals surface area contributed by atoms with Crippen molar-refractivity contribution < 1.29 is 0 Å². The van der Waals surface area contributed by atoms with E-state index in [-0.39, 0.29) is 0 Å². The van der Waals surface area contributed by atoms with Gasteiger partial charge in [0, 0.05) is 24.7 Å². The fraction of sp³-hybridized carbons (Fsp3) is 0.125. The van der Waals surface area contributed by atoms with Gasteiger partial charge in [-0.25, -0.2) is 24.6 Å². The van der Waals surface area contributed by atoms with Gasteiger partial charge in [-0.2, -0.15) is 10.2 Å². The molecule has 0 unspecified atom stereocenters. The molecule has 27 heavy (non-hydrogen) atoms. The molecular weight excluding hydrogens is 412 g/mol. The van der Waals surface area contributed by atoms with Gasteiger partial charge < -0.3 is 11.5 Å². The summed E-state index contributed by atoms with van der Waals surface area (Å²) < 4.78 is 2.55. The Bertz CT molecular complexity index is 896. The van der Waals surface area contributed by atoms with Gasteiger partial charge in [0.25, 0.3) is 0 Å². The Morgan fingerprint density at radius 1 is 0.926 bits per heavy atom. The molecule has 140 valence electrons. The van der Waals surface area contributed by atoms with Gasteiger partial charge in [-0.15, -0.1) is 0 Å². The monoisotopic (exact) mass is 430 g/mol. The molecule has 0 aliphatic heterocycles. The SMILES string of the molecule is Cc1ncc(-n2ccc(N)n2)cn1.Cc1ncc(Br)cn1.Nc1ccn[nH]1. The summed E-state index contributed by atoms with van der Waals surface area (Å²) in [6, 6.07) is 3.42. The van der Waals surface area contributed by atoms with Gasteiger partial charge in [0.15, 0.2) is 0 Å². The molecule has 0 aliphatic carbocycles. The number of hydrogen-bond acceptors (Lipinski definition) is 8. The topological polar surface area (TPSA) is 150 Å². The summed E-state index contributed by atoms with van der Waals surface area (Å²) in [4.78, 5) is 15.9. The summed E-state index contributed by atoms with van der Waals surface area (Å²) >= 11 is 3.22. The van der Waals surface area contributed by atoms with Gasteiger partial charge in [0.1, 0.15) is 29.0 Å². The number of nitrogen functional groups attached to an aromatic ring is 2. The maximum Gasteiger partial charge on any atom is 0.145 e. The summed E-state index contributed by atoms with van der Waals surface area (Å²) in [5.74, 6) is 2.63. The lowest BCUT2D eigenvalue weighted by atomic mass is 10.5. The fourth-order valence-corrected chi connectivity index (χ4v) is 1.83. The first-order valence-corrected chi connectivity index (χ1v) is 8.52. The maximum absolute atomic E-state index is 5.47. The van der Waals surface area contributed by atoms with E-state index in [1.165, 1.54) is 0 Å². The van der Waals surface area contributed by atoms with E-state index in [1.54, 1.807) is 54.0 Å². The smallest absolute Gasteiger partial charge is 0.145 e. The van der Waals surface area contributed by atoms with Crippen molar-refractivity contribution in [3.8, 4) is 5.69 Å². The van der Waals surface area contributed by atoms with Crippen LogP contribution in [0.3, 0.4) is 0 Å². The molecule has 4 aromatic rings. The van der Waals surface area contributed by atoms with E-state index in [1.807, 2.05) is 13.8 Å². The normalized spacial score (nSPS) is 9.59. The Morgan fingerprint density at radius 3 is 1.89 bits per heavy atom. The molecule has 4 rings (SSSR count). The quantitative estimate of drug-likeness (QED) is 0.415. The summed E-state index contributed by atoms with van der Waals surface area (Å²) in [6.45, 7) is 3.69. The van der Waals surface area contributed by atoms with Gasteiger partial charge in [0.2, 0.25) is 0 Å². The first-order valence-electron chi connectivity index (χ1n) is 7.73. The number of aromatic amines is 1. The van der Waals surface area contributed by atoms with Crippen LogP contribution >= 0.6 is 15.9 Å². The van der Waals surface area contributed by atoms with Crippen LogP contribution in [-0.4, -0.2) is 39.9 Å². The third kappa shape index (κ3) is 7.20. The Kier molecular flexibility index (Phi) is 7.37. The van der Waals surface area contributed by atoms with Crippen molar-refractivity contribution in [2.75, 3.05) is 11.5 Å². The molecule has 4 heterocycles. The number of nitrogens with zero attached hydrogens (tertiary/aromatic N) is 7. The zero-order valence-corrected chi connectivity index (χ0v) is 16.4. The molecule has 0 amide bonds. The molecule has 0 saturated carbocycles. The van der Waals surface area contributed by atoms with Crippen molar-refractivity contribution in [2.45, 2.75) is 13.8 Å².